The van der Waals surface area contributed by atoms with E-state index in [0.717, 1.165) is 16.8 Å². The molecule has 0 N–H and O–H groups in total. The Kier molecular flexibility index (Phi) is 6.60. The number of benzene rings is 1. The molecule has 0 radical (unpaired) electrons. The van der Waals surface area contributed by atoms with E-state index in [1.807, 2.05) is 24.4 Å². The third kappa shape index (κ3) is 3.88. The van der Waals surface area contributed by atoms with Gasteiger partial charge in [0, 0.05) is 12.0 Å². The Balaban J connectivity index is 2.19. The molecule has 2 aromatic heterocycles. The fourth-order valence-corrected chi connectivity index (χ4v) is 3.99. The summed E-state index contributed by atoms with van der Waals surface area (Å²) in [6.07, 6.45) is 0. The topological polar surface area (TPSA) is 80.5 Å². The Hall–Kier alpha value is -2.78. The van der Waals surface area contributed by atoms with Crippen molar-refractivity contribution in [3.63, 3.8) is 0 Å². The summed E-state index contributed by atoms with van der Waals surface area (Å²) >= 11 is 1.37. The van der Waals surface area contributed by atoms with Crippen molar-refractivity contribution in [2.45, 2.75) is 20.5 Å². The smallest absolute Gasteiger partial charge is 0.346 e. The summed E-state index contributed by atoms with van der Waals surface area (Å²) in [6, 6.07) is 3.81. The van der Waals surface area contributed by atoms with Gasteiger partial charge in [0.2, 0.25) is 5.88 Å². The van der Waals surface area contributed by atoms with Crippen molar-refractivity contribution in [1.82, 2.24) is 9.61 Å². The van der Waals surface area contributed by atoms with E-state index in [2.05, 4.69) is 5.10 Å². The Morgan fingerprint density at radius 3 is 2.31 bits per heavy atom. The highest BCUT2D eigenvalue weighted by atomic mass is 32.1. The van der Waals surface area contributed by atoms with Crippen molar-refractivity contribution in [3.8, 4) is 28.6 Å². The van der Waals surface area contributed by atoms with E-state index in [-0.39, 0.29) is 12.5 Å². The van der Waals surface area contributed by atoms with Gasteiger partial charge in [-0.1, -0.05) is 0 Å². The van der Waals surface area contributed by atoms with E-state index in [1.54, 1.807) is 25.7 Å². The highest BCUT2D eigenvalue weighted by molar-refractivity contribution is 7.16. The zero-order chi connectivity index (χ0) is 21.0. The minimum Gasteiger partial charge on any atom is -0.496 e. The minimum atomic E-state index is -0.473. The molecular formula is C20H24N2O6S. The SMILES string of the molecule is CCOCc1cc(OC)c(-c2csc3c(C(=O)OCC)c(OC)nn23)c(OC)c1. The first-order valence-corrected chi connectivity index (χ1v) is 10.0. The zero-order valence-electron chi connectivity index (χ0n) is 17.1. The van der Waals surface area contributed by atoms with E-state index < -0.39 is 5.97 Å². The van der Waals surface area contributed by atoms with E-state index in [9.17, 15) is 4.79 Å². The van der Waals surface area contributed by atoms with Gasteiger partial charge in [-0.05, 0) is 31.5 Å². The molecule has 1 aromatic carbocycles. The van der Waals surface area contributed by atoms with Gasteiger partial charge >= 0.3 is 5.97 Å². The van der Waals surface area contributed by atoms with Crippen molar-refractivity contribution >= 4 is 22.1 Å². The molecule has 2 heterocycles. The summed E-state index contributed by atoms with van der Waals surface area (Å²) < 4.78 is 28.9. The van der Waals surface area contributed by atoms with Crippen molar-refractivity contribution in [2.24, 2.45) is 0 Å². The Morgan fingerprint density at radius 1 is 1.07 bits per heavy atom. The van der Waals surface area contributed by atoms with Crippen LogP contribution in [0.1, 0.15) is 29.8 Å². The number of methoxy groups -OCH3 is 3. The summed E-state index contributed by atoms with van der Waals surface area (Å²) in [5.41, 5.74) is 2.68. The molecule has 3 rings (SSSR count). The first kappa shape index (κ1) is 20.9. The lowest BCUT2D eigenvalue weighted by Crippen LogP contribution is -2.05. The van der Waals surface area contributed by atoms with Gasteiger partial charge in [0.25, 0.3) is 0 Å². The number of hydrogen-bond donors (Lipinski definition) is 0. The third-order valence-electron chi connectivity index (χ3n) is 4.29. The van der Waals surface area contributed by atoms with E-state index in [0.29, 0.717) is 35.1 Å². The maximum Gasteiger partial charge on any atom is 0.346 e. The van der Waals surface area contributed by atoms with Crippen molar-refractivity contribution < 1.29 is 28.5 Å². The second-order valence-electron chi connectivity index (χ2n) is 5.96. The summed E-state index contributed by atoms with van der Waals surface area (Å²) in [5, 5.41) is 6.36. The predicted octanol–water partition coefficient (Wildman–Crippen LogP) is 3.80. The van der Waals surface area contributed by atoms with Crippen LogP contribution < -0.4 is 14.2 Å². The highest BCUT2D eigenvalue weighted by Gasteiger charge is 2.27. The molecule has 0 fully saturated rings. The monoisotopic (exact) mass is 420 g/mol. The standard InChI is InChI=1S/C20H24N2O6S/c1-6-27-10-12-8-14(24-3)16(15(9-12)25-4)13-11-29-19-17(20(23)28-7-2)18(26-5)21-22(13)19/h8-9,11H,6-7,10H2,1-5H3. The molecule has 0 atom stereocenters. The second kappa shape index (κ2) is 9.15. The number of esters is 1. The fraction of sp³-hybridized carbons (Fsp3) is 0.400. The number of aromatic nitrogens is 2. The van der Waals surface area contributed by atoms with Gasteiger partial charge in [-0.15, -0.1) is 16.4 Å². The number of rotatable bonds is 9. The van der Waals surface area contributed by atoms with Crippen molar-refractivity contribution in [1.29, 1.82) is 0 Å². The van der Waals surface area contributed by atoms with Gasteiger partial charge in [0.1, 0.15) is 16.3 Å². The van der Waals surface area contributed by atoms with E-state index >= 15 is 0 Å². The molecule has 3 aromatic rings. The molecule has 0 saturated carbocycles. The number of hydrogen-bond acceptors (Lipinski definition) is 8. The van der Waals surface area contributed by atoms with Gasteiger partial charge in [-0.3, -0.25) is 0 Å². The van der Waals surface area contributed by atoms with Gasteiger partial charge in [0.05, 0.1) is 45.8 Å². The van der Waals surface area contributed by atoms with Gasteiger partial charge in [0.15, 0.2) is 5.56 Å². The molecule has 0 bridgehead atoms. The van der Waals surface area contributed by atoms with Crippen LogP contribution in [0.25, 0.3) is 16.1 Å². The lowest BCUT2D eigenvalue weighted by molar-refractivity contribution is 0.0525. The maximum absolute atomic E-state index is 12.4. The second-order valence-corrected chi connectivity index (χ2v) is 6.81. The number of carbonyl (C=O) groups excluding carboxylic acids is 1. The molecule has 156 valence electrons. The number of carbonyl (C=O) groups is 1. The van der Waals surface area contributed by atoms with Crippen LogP contribution in [0.5, 0.6) is 17.4 Å². The molecule has 0 amide bonds. The first-order chi connectivity index (χ1) is 14.1. The van der Waals surface area contributed by atoms with Crippen LogP contribution in [0.4, 0.5) is 0 Å². The summed E-state index contributed by atoms with van der Waals surface area (Å²) in [4.78, 5) is 13.0. The van der Waals surface area contributed by atoms with Gasteiger partial charge < -0.3 is 23.7 Å². The Bertz CT molecular complexity index is 985. The van der Waals surface area contributed by atoms with Gasteiger partial charge in [-0.25, -0.2) is 9.31 Å². The van der Waals surface area contributed by atoms with Crippen molar-refractivity contribution in [2.75, 3.05) is 34.5 Å². The minimum absolute atomic E-state index is 0.211. The number of ether oxygens (including phenoxy) is 5. The summed E-state index contributed by atoms with van der Waals surface area (Å²) in [5.74, 6) is 0.970. The molecule has 0 aliphatic rings. The summed E-state index contributed by atoms with van der Waals surface area (Å²) in [6.45, 7) is 5.02. The molecule has 8 nitrogen and oxygen atoms in total. The van der Waals surface area contributed by atoms with Crippen LogP contribution in [-0.4, -0.2) is 50.1 Å². The van der Waals surface area contributed by atoms with Crippen LogP contribution in [0, 0.1) is 0 Å². The fourth-order valence-electron chi connectivity index (χ4n) is 3.02. The lowest BCUT2D eigenvalue weighted by atomic mass is 10.1. The molecule has 0 aliphatic carbocycles. The first-order valence-electron chi connectivity index (χ1n) is 9.13. The molecular weight excluding hydrogens is 396 g/mol. The maximum atomic E-state index is 12.4. The van der Waals surface area contributed by atoms with E-state index in [1.165, 1.54) is 18.4 Å². The Morgan fingerprint density at radius 2 is 1.76 bits per heavy atom. The van der Waals surface area contributed by atoms with E-state index in [4.69, 9.17) is 23.7 Å². The van der Waals surface area contributed by atoms with Crippen LogP contribution in [-0.2, 0) is 16.1 Å². The third-order valence-corrected chi connectivity index (χ3v) is 5.23. The molecule has 29 heavy (non-hydrogen) atoms. The molecule has 0 spiro atoms. The molecule has 0 saturated heterocycles. The molecule has 9 heteroatoms. The largest absolute Gasteiger partial charge is 0.496 e. The Labute approximate surface area is 172 Å². The van der Waals surface area contributed by atoms with Crippen LogP contribution >= 0.6 is 11.3 Å². The average molecular weight is 420 g/mol. The molecule has 0 aliphatic heterocycles. The van der Waals surface area contributed by atoms with Crippen molar-refractivity contribution in [3.05, 3.63) is 28.6 Å². The van der Waals surface area contributed by atoms with Crippen LogP contribution in [0.3, 0.4) is 0 Å². The predicted molar refractivity (Wildman–Crippen MR) is 109 cm³/mol. The van der Waals surface area contributed by atoms with Crippen LogP contribution in [0.15, 0.2) is 17.5 Å². The van der Waals surface area contributed by atoms with Crippen LogP contribution in [0.2, 0.25) is 0 Å². The van der Waals surface area contributed by atoms with Gasteiger partial charge in [-0.2, -0.15) is 0 Å². The lowest BCUT2D eigenvalue weighted by Gasteiger charge is -2.15. The number of nitrogens with zero attached hydrogens (tertiary/aromatic N) is 2. The number of fused-ring (bicyclic) bond motifs is 1. The molecule has 0 unspecified atom stereocenters. The zero-order valence-corrected chi connectivity index (χ0v) is 17.9. The number of thiazole rings is 1. The quantitative estimate of drug-likeness (QED) is 0.487. The highest BCUT2D eigenvalue weighted by Crippen LogP contribution is 2.42. The normalized spacial score (nSPS) is 10.9. The summed E-state index contributed by atoms with van der Waals surface area (Å²) in [7, 11) is 4.67. The average Bonchev–Trinajstić information content (AvgIpc) is 3.30.